The minimum absolute atomic E-state index is 0.0742. The van der Waals surface area contributed by atoms with Crippen LogP contribution in [-0.2, 0) is 0 Å². The molecular formula is C14H26N2O. The van der Waals surface area contributed by atoms with E-state index >= 15 is 0 Å². The molecule has 0 fully saturated rings. The molecule has 0 bridgehead atoms. The van der Waals surface area contributed by atoms with Gasteiger partial charge in [-0.1, -0.05) is 46.0 Å². The minimum Gasteiger partial charge on any atom is -0.331 e. The Morgan fingerprint density at radius 1 is 1.18 bits per heavy atom. The molecule has 0 saturated heterocycles. The molecule has 1 atom stereocenters. The van der Waals surface area contributed by atoms with Crippen LogP contribution in [0, 0.1) is 0 Å². The van der Waals surface area contributed by atoms with Gasteiger partial charge in [-0.15, -0.1) is 0 Å². The molecule has 0 radical (unpaired) electrons. The Kier molecular flexibility index (Phi) is 6.75. The van der Waals surface area contributed by atoms with Crippen LogP contribution in [0.15, 0.2) is 12.3 Å². The topological polar surface area (TPSA) is 32.3 Å². The average Bonchev–Trinajstić information content (AvgIpc) is 2.32. The predicted molar refractivity (Wildman–Crippen MR) is 71.8 cm³/mol. The number of amides is 2. The molecule has 1 aliphatic heterocycles. The van der Waals surface area contributed by atoms with Crippen molar-refractivity contribution in [3.8, 4) is 0 Å². The Hall–Kier alpha value is -0.990. The second-order valence-corrected chi connectivity index (χ2v) is 4.79. The zero-order chi connectivity index (χ0) is 12.5. The molecular weight excluding hydrogens is 212 g/mol. The highest BCUT2D eigenvalue weighted by atomic mass is 16.2. The molecule has 1 heterocycles. The summed E-state index contributed by atoms with van der Waals surface area (Å²) in [6, 6.07) is 0.321. The van der Waals surface area contributed by atoms with Crippen LogP contribution < -0.4 is 5.32 Å². The highest BCUT2D eigenvalue weighted by Crippen LogP contribution is 2.10. The molecule has 3 nitrogen and oxygen atoms in total. The minimum atomic E-state index is 0.0742. The van der Waals surface area contributed by atoms with E-state index in [-0.39, 0.29) is 12.1 Å². The Morgan fingerprint density at radius 2 is 1.88 bits per heavy atom. The van der Waals surface area contributed by atoms with Gasteiger partial charge < -0.3 is 10.2 Å². The van der Waals surface area contributed by atoms with Crippen LogP contribution in [0.3, 0.4) is 0 Å². The highest BCUT2D eigenvalue weighted by Gasteiger charge is 2.18. The van der Waals surface area contributed by atoms with Gasteiger partial charge in [0.2, 0.25) is 0 Å². The maximum absolute atomic E-state index is 11.8. The van der Waals surface area contributed by atoms with Gasteiger partial charge in [-0.05, 0) is 18.9 Å². The number of rotatable bonds is 8. The number of carbonyl (C=O) groups is 1. The number of hydrogen-bond acceptors (Lipinski definition) is 1. The Balaban J connectivity index is 2.28. The van der Waals surface area contributed by atoms with E-state index in [9.17, 15) is 4.79 Å². The number of hydrogen-bond donors (Lipinski definition) is 1. The molecule has 98 valence electrons. The third kappa shape index (κ3) is 5.24. The van der Waals surface area contributed by atoms with E-state index < -0.39 is 0 Å². The molecule has 1 aliphatic rings. The molecule has 1 unspecified atom stereocenters. The van der Waals surface area contributed by atoms with Gasteiger partial charge in [0.25, 0.3) is 0 Å². The second-order valence-electron chi connectivity index (χ2n) is 4.79. The summed E-state index contributed by atoms with van der Waals surface area (Å²) < 4.78 is 0. The number of carbonyl (C=O) groups excluding carboxylic acids is 1. The van der Waals surface area contributed by atoms with Crippen molar-refractivity contribution < 1.29 is 4.79 Å². The first-order valence-electron chi connectivity index (χ1n) is 7.03. The summed E-state index contributed by atoms with van der Waals surface area (Å²) in [5, 5.41) is 3.05. The fourth-order valence-electron chi connectivity index (χ4n) is 2.06. The lowest BCUT2D eigenvalue weighted by Crippen LogP contribution is -2.45. The van der Waals surface area contributed by atoms with Crippen LogP contribution in [-0.4, -0.2) is 23.5 Å². The van der Waals surface area contributed by atoms with Crippen molar-refractivity contribution in [1.29, 1.82) is 0 Å². The zero-order valence-corrected chi connectivity index (χ0v) is 11.2. The van der Waals surface area contributed by atoms with Gasteiger partial charge >= 0.3 is 6.03 Å². The number of urea groups is 1. The lowest BCUT2D eigenvalue weighted by atomic mass is 10.1. The lowest BCUT2D eigenvalue weighted by Gasteiger charge is -2.27. The van der Waals surface area contributed by atoms with Crippen molar-refractivity contribution in [3.63, 3.8) is 0 Å². The van der Waals surface area contributed by atoms with Crippen molar-refractivity contribution in [3.05, 3.63) is 12.3 Å². The molecule has 0 saturated carbocycles. The van der Waals surface area contributed by atoms with Crippen LogP contribution in [0.5, 0.6) is 0 Å². The summed E-state index contributed by atoms with van der Waals surface area (Å²) in [5.74, 6) is 0. The standard InChI is InChI=1S/C14H26N2O/c1-3-5-7-9-13-10-12-16(14(17)15-13)11-8-6-4-2/h10,12-13H,3-9,11H2,1-2H3,(H,15,17). The van der Waals surface area contributed by atoms with E-state index in [1.54, 1.807) is 4.90 Å². The maximum atomic E-state index is 11.8. The van der Waals surface area contributed by atoms with E-state index in [4.69, 9.17) is 0 Å². The monoisotopic (exact) mass is 238 g/mol. The van der Waals surface area contributed by atoms with Gasteiger partial charge in [0.1, 0.15) is 0 Å². The van der Waals surface area contributed by atoms with Crippen LogP contribution in [0.4, 0.5) is 4.79 Å². The number of unbranched alkanes of at least 4 members (excludes halogenated alkanes) is 4. The van der Waals surface area contributed by atoms with Crippen LogP contribution >= 0.6 is 0 Å². The first-order chi connectivity index (χ1) is 8.27. The van der Waals surface area contributed by atoms with Crippen molar-refractivity contribution in [1.82, 2.24) is 10.2 Å². The smallest absolute Gasteiger partial charge is 0.321 e. The fourth-order valence-corrected chi connectivity index (χ4v) is 2.06. The molecule has 17 heavy (non-hydrogen) atoms. The summed E-state index contributed by atoms with van der Waals surface area (Å²) >= 11 is 0. The summed E-state index contributed by atoms with van der Waals surface area (Å²) in [5.41, 5.74) is 0. The highest BCUT2D eigenvalue weighted by molar-refractivity contribution is 5.77. The SMILES string of the molecule is CCCCCC1C=CN(CCCCC)C(=O)N1. The molecule has 0 aromatic carbocycles. The Bertz CT molecular complexity index is 251. The fraction of sp³-hybridized carbons (Fsp3) is 0.786. The van der Waals surface area contributed by atoms with Crippen molar-refractivity contribution in [2.45, 2.75) is 64.8 Å². The molecule has 1 rings (SSSR count). The van der Waals surface area contributed by atoms with E-state index in [2.05, 4.69) is 25.2 Å². The van der Waals surface area contributed by atoms with Crippen LogP contribution in [0.2, 0.25) is 0 Å². The van der Waals surface area contributed by atoms with Gasteiger partial charge in [-0.3, -0.25) is 0 Å². The van der Waals surface area contributed by atoms with E-state index in [1.807, 2.05) is 6.20 Å². The van der Waals surface area contributed by atoms with E-state index in [0.29, 0.717) is 0 Å². The van der Waals surface area contributed by atoms with Gasteiger partial charge in [0.05, 0.1) is 6.04 Å². The first kappa shape index (κ1) is 14.1. The summed E-state index contributed by atoms with van der Waals surface area (Å²) in [4.78, 5) is 13.6. The lowest BCUT2D eigenvalue weighted by molar-refractivity contribution is 0.207. The average molecular weight is 238 g/mol. The molecule has 0 aromatic heterocycles. The van der Waals surface area contributed by atoms with Crippen molar-refractivity contribution >= 4 is 6.03 Å². The largest absolute Gasteiger partial charge is 0.331 e. The Labute approximate surface area is 105 Å². The van der Waals surface area contributed by atoms with E-state index in [0.717, 1.165) is 19.4 Å². The zero-order valence-electron chi connectivity index (χ0n) is 11.2. The normalized spacial score (nSPS) is 19.5. The van der Waals surface area contributed by atoms with Gasteiger partial charge in [0.15, 0.2) is 0 Å². The molecule has 2 amide bonds. The molecule has 0 aliphatic carbocycles. The first-order valence-corrected chi connectivity index (χ1v) is 7.03. The second kappa shape index (κ2) is 8.15. The summed E-state index contributed by atoms with van der Waals surface area (Å²) in [7, 11) is 0. The van der Waals surface area contributed by atoms with Gasteiger partial charge in [0, 0.05) is 12.7 Å². The summed E-state index contributed by atoms with van der Waals surface area (Å²) in [6.07, 6.45) is 12.3. The van der Waals surface area contributed by atoms with Gasteiger partial charge in [-0.2, -0.15) is 0 Å². The quantitative estimate of drug-likeness (QED) is 0.643. The van der Waals surface area contributed by atoms with Gasteiger partial charge in [-0.25, -0.2) is 4.79 Å². The number of nitrogens with one attached hydrogen (secondary N) is 1. The molecule has 0 aromatic rings. The maximum Gasteiger partial charge on any atom is 0.321 e. The Morgan fingerprint density at radius 3 is 2.53 bits per heavy atom. The predicted octanol–water partition coefficient (Wildman–Crippen LogP) is 3.66. The van der Waals surface area contributed by atoms with Crippen molar-refractivity contribution in [2.75, 3.05) is 6.54 Å². The summed E-state index contributed by atoms with van der Waals surface area (Å²) in [6.45, 7) is 5.22. The van der Waals surface area contributed by atoms with Crippen LogP contribution in [0.1, 0.15) is 58.8 Å². The number of nitrogens with zero attached hydrogens (tertiary/aromatic N) is 1. The van der Waals surface area contributed by atoms with E-state index in [1.165, 1.54) is 32.1 Å². The third-order valence-corrected chi connectivity index (χ3v) is 3.19. The van der Waals surface area contributed by atoms with Crippen LogP contribution in [0.25, 0.3) is 0 Å². The molecule has 0 spiro atoms. The molecule has 1 N–H and O–H groups in total. The molecule has 3 heteroatoms. The third-order valence-electron chi connectivity index (χ3n) is 3.19. The van der Waals surface area contributed by atoms with Crippen molar-refractivity contribution in [2.24, 2.45) is 0 Å².